The van der Waals surface area contributed by atoms with Crippen LogP contribution in [-0.4, -0.2) is 4.98 Å². The number of pyridine rings is 1. The highest BCUT2D eigenvalue weighted by molar-refractivity contribution is 6.31. The summed E-state index contributed by atoms with van der Waals surface area (Å²) in [7, 11) is 0. The number of nitrogens with two attached hydrogens (primary N) is 1. The molecule has 0 radical (unpaired) electrons. The Kier molecular flexibility index (Phi) is 3.91. The zero-order valence-electron chi connectivity index (χ0n) is 11.9. The van der Waals surface area contributed by atoms with E-state index >= 15 is 0 Å². The van der Waals surface area contributed by atoms with Gasteiger partial charge >= 0.3 is 0 Å². The number of fused-ring (bicyclic) bond motifs is 1. The molecule has 0 aliphatic heterocycles. The van der Waals surface area contributed by atoms with E-state index in [1.54, 1.807) is 0 Å². The fraction of sp³-hybridized carbons (Fsp3) is 0.167. The largest absolute Gasteiger partial charge is 0.324 e. The van der Waals surface area contributed by atoms with Gasteiger partial charge in [-0.15, -0.1) is 0 Å². The van der Waals surface area contributed by atoms with Crippen molar-refractivity contribution in [2.75, 3.05) is 0 Å². The molecule has 3 rings (SSSR count). The van der Waals surface area contributed by atoms with Crippen LogP contribution < -0.4 is 5.73 Å². The second kappa shape index (κ2) is 5.84. The topological polar surface area (TPSA) is 38.9 Å². The molecule has 2 N–H and O–H groups in total. The van der Waals surface area contributed by atoms with Crippen molar-refractivity contribution in [2.24, 2.45) is 5.73 Å². The minimum atomic E-state index is -0.100. The van der Waals surface area contributed by atoms with Gasteiger partial charge in [-0.25, -0.2) is 0 Å². The Labute approximate surface area is 129 Å². The molecule has 3 heteroatoms. The summed E-state index contributed by atoms with van der Waals surface area (Å²) < 4.78 is 0. The molecular weight excluding hydrogens is 280 g/mol. The number of para-hydroxylation sites is 1. The second-order valence-electron chi connectivity index (χ2n) is 5.27. The first-order valence-corrected chi connectivity index (χ1v) is 7.38. The van der Waals surface area contributed by atoms with Crippen molar-refractivity contribution >= 4 is 22.5 Å². The highest BCUT2D eigenvalue weighted by Gasteiger charge is 2.13. The van der Waals surface area contributed by atoms with Gasteiger partial charge in [-0.1, -0.05) is 48.0 Å². The SMILES string of the molecule is Cc1cc(C(N)Cc2ccccc2Cl)c2ccccc2n1. The van der Waals surface area contributed by atoms with Gasteiger partial charge in [0.1, 0.15) is 0 Å². The van der Waals surface area contributed by atoms with E-state index in [1.807, 2.05) is 49.4 Å². The van der Waals surface area contributed by atoms with Crippen LogP contribution in [0.15, 0.2) is 54.6 Å². The van der Waals surface area contributed by atoms with Gasteiger partial charge in [-0.3, -0.25) is 4.98 Å². The van der Waals surface area contributed by atoms with Gasteiger partial charge in [0.25, 0.3) is 0 Å². The Hall–Kier alpha value is -1.90. The van der Waals surface area contributed by atoms with Gasteiger partial charge in [0.05, 0.1) is 5.52 Å². The lowest BCUT2D eigenvalue weighted by molar-refractivity contribution is 0.726. The van der Waals surface area contributed by atoms with Crippen LogP contribution in [0.25, 0.3) is 10.9 Å². The number of aryl methyl sites for hydroxylation is 1. The van der Waals surface area contributed by atoms with E-state index in [0.29, 0.717) is 6.42 Å². The van der Waals surface area contributed by atoms with E-state index in [4.69, 9.17) is 17.3 Å². The minimum Gasteiger partial charge on any atom is -0.324 e. The summed E-state index contributed by atoms with van der Waals surface area (Å²) in [5.74, 6) is 0. The van der Waals surface area contributed by atoms with Crippen LogP contribution in [0.4, 0.5) is 0 Å². The van der Waals surface area contributed by atoms with Gasteiger partial charge in [0.15, 0.2) is 0 Å². The lowest BCUT2D eigenvalue weighted by Crippen LogP contribution is -2.14. The van der Waals surface area contributed by atoms with Crippen LogP contribution in [0, 0.1) is 6.92 Å². The molecule has 0 spiro atoms. The molecule has 0 aliphatic rings. The third-order valence-electron chi connectivity index (χ3n) is 3.67. The zero-order chi connectivity index (χ0) is 14.8. The second-order valence-corrected chi connectivity index (χ2v) is 5.68. The zero-order valence-corrected chi connectivity index (χ0v) is 12.6. The third kappa shape index (κ3) is 2.92. The maximum absolute atomic E-state index is 6.44. The summed E-state index contributed by atoms with van der Waals surface area (Å²) in [6, 6.07) is 17.9. The maximum Gasteiger partial charge on any atom is 0.0708 e. The van der Waals surface area contributed by atoms with E-state index in [9.17, 15) is 0 Å². The van der Waals surface area contributed by atoms with Crippen molar-refractivity contribution < 1.29 is 0 Å². The lowest BCUT2D eigenvalue weighted by atomic mass is 9.96. The van der Waals surface area contributed by atoms with Crippen LogP contribution >= 0.6 is 11.6 Å². The van der Waals surface area contributed by atoms with Crippen molar-refractivity contribution in [3.05, 3.63) is 76.4 Å². The number of halogens is 1. The molecule has 0 amide bonds. The highest BCUT2D eigenvalue weighted by atomic mass is 35.5. The van der Waals surface area contributed by atoms with Gasteiger partial charge in [-0.05, 0) is 42.7 Å². The first-order chi connectivity index (χ1) is 10.1. The highest BCUT2D eigenvalue weighted by Crippen LogP contribution is 2.27. The quantitative estimate of drug-likeness (QED) is 0.776. The summed E-state index contributed by atoms with van der Waals surface area (Å²) in [6.07, 6.45) is 0.715. The van der Waals surface area contributed by atoms with E-state index in [2.05, 4.69) is 17.1 Å². The molecule has 1 atom stereocenters. The van der Waals surface area contributed by atoms with E-state index < -0.39 is 0 Å². The minimum absolute atomic E-state index is 0.100. The molecule has 106 valence electrons. The summed E-state index contributed by atoms with van der Waals surface area (Å²) in [5, 5.41) is 1.88. The van der Waals surface area contributed by atoms with E-state index in [0.717, 1.165) is 32.7 Å². The van der Waals surface area contributed by atoms with E-state index in [1.165, 1.54) is 0 Å². The molecule has 21 heavy (non-hydrogen) atoms. The molecule has 2 nitrogen and oxygen atoms in total. The standard InChI is InChI=1S/C18H17ClN2/c1-12-10-15(14-7-3-5-9-18(14)21-12)17(20)11-13-6-2-4-8-16(13)19/h2-10,17H,11,20H2,1H3. The van der Waals surface area contributed by atoms with Crippen LogP contribution in [0.3, 0.4) is 0 Å². The number of rotatable bonds is 3. The summed E-state index contributed by atoms with van der Waals surface area (Å²) >= 11 is 6.24. The molecule has 3 aromatic rings. The summed E-state index contributed by atoms with van der Waals surface area (Å²) in [5.41, 5.74) is 10.6. The van der Waals surface area contributed by atoms with Crippen molar-refractivity contribution in [1.82, 2.24) is 4.98 Å². The molecule has 2 aromatic carbocycles. The maximum atomic E-state index is 6.44. The first kappa shape index (κ1) is 14.1. The molecule has 1 aromatic heterocycles. The number of hydrogen-bond acceptors (Lipinski definition) is 2. The van der Waals surface area contributed by atoms with Crippen LogP contribution in [0.2, 0.25) is 5.02 Å². The summed E-state index contributed by atoms with van der Waals surface area (Å²) in [4.78, 5) is 4.56. The predicted molar refractivity (Wildman–Crippen MR) is 88.6 cm³/mol. The number of hydrogen-bond donors (Lipinski definition) is 1. The van der Waals surface area contributed by atoms with Gasteiger partial charge in [0, 0.05) is 22.1 Å². The predicted octanol–water partition coefficient (Wildman–Crippen LogP) is 4.44. The Morgan fingerprint density at radius 2 is 1.81 bits per heavy atom. The smallest absolute Gasteiger partial charge is 0.0708 e. The van der Waals surface area contributed by atoms with Crippen molar-refractivity contribution in [3.63, 3.8) is 0 Å². The molecule has 1 heterocycles. The number of aromatic nitrogens is 1. The van der Waals surface area contributed by atoms with Crippen molar-refractivity contribution in [2.45, 2.75) is 19.4 Å². The molecule has 0 aliphatic carbocycles. The van der Waals surface area contributed by atoms with Gasteiger partial charge in [-0.2, -0.15) is 0 Å². The fourth-order valence-electron chi connectivity index (χ4n) is 2.66. The fourth-order valence-corrected chi connectivity index (χ4v) is 2.87. The Bertz CT molecular complexity index is 783. The van der Waals surface area contributed by atoms with Crippen LogP contribution in [-0.2, 0) is 6.42 Å². The number of nitrogens with zero attached hydrogens (tertiary/aromatic N) is 1. The molecule has 0 bridgehead atoms. The Balaban J connectivity index is 2.02. The molecule has 0 saturated heterocycles. The molecule has 0 fully saturated rings. The first-order valence-electron chi connectivity index (χ1n) is 7.00. The average Bonchev–Trinajstić information content (AvgIpc) is 2.48. The molecular formula is C18H17ClN2. The normalized spacial score (nSPS) is 12.5. The average molecular weight is 297 g/mol. The third-order valence-corrected chi connectivity index (χ3v) is 4.04. The summed E-state index contributed by atoms with van der Waals surface area (Å²) in [6.45, 7) is 2.00. The monoisotopic (exact) mass is 296 g/mol. The van der Waals surface area contributed by atoms with Crippen molar-refractivity contribution in [1.29, 1.82) is 0 Å². The van der Waals surface area contributed by atoms with Gasteiger partial charge < -0.3 is 5.73 Å². The van der Waals surface area contributed by atoms with Crippen molar-refractivity contribution in [3.8, 4) is 0 Å². The van der Waals surface area contributed by atoms with Gasteiger partial charge in [0.2, 0.25) is 0 Å². The number of benzene rings is 2. The Morgan fingerprint density at radius 3 is 2.62 bits per heavy atom. The lowest BCUT2D eigenvalue weighted by Gasteiger charge is -2.16. The molecule has 0 saturated carbocycles. The van der Waals surface area contributed by atoms with Crippen LogP contribution in [0.1, 0.15) is 22.9 Å². The van der Waals surface area contributed by atoms with Crippen LogP contribution in [0.5, 0.6) is 0 Å². The van der Waals surface area contributed by atoms with E-state index in [-0.39, 0.29) is 6.04 Å². The Morgan fingerprint density at radius 1 is 1.10 bits per heavy atom. The molecule has 1 unspecified atom stereocenters.